The van der Waals surface area contributed by atoms with E-state index in [9.17, 15) is 19.5 Å². The fourth-order valence-corrected chi connectivity index (χ4v) is 2.37. The van der Waals surface area contributed by atoms with Crippen LogP contribution in [0.3, 0.4) is 0 Å². The predicted molar refractivity (Wildman–Crippen MR) is 73.2 cm³/mol. The van der Waals surface area contributed by atoms with E-state index in [1.165, 1.54) is 21.7 Å². The van der Waals surface area contributed by atoms with Crippen LogP contribution in [0, 0.1) is 0 Å². The molecule has 0 atom stereocenters. The van der Waals surface area contributed by atoms with Crippen molar-refractivity contribution in [2.24, 2.45) is 7.05 Å². The average molecular weight is 288 g/mol. The van der Waals surface area contributed by atoms with Crippen LogP contribution >= 0.6 is 0 Å². The van der Waals surface area contributed by atoms with E-state index in [1.807, 2.05) is 0 Å². The molecule has 0 spiro atoms. The molecule has 1 aliphatic rings. The zero-order valence-corrected chi connectivity index (χ0v) is 11.2. The number of carboxylic acid groups (broad SMARTS) is 1. The van der Waals surface area contributed by atoms with Gasteiger partial charge in [-0.2, -0.15) is 5.10 Å². The largest absolute Gasteiger partial charge is 0.478 e. The molecule has 1 fully saturated rings. The highest BCUT2D eigenvalue weighted by atomic mass is 16.4. The smallest absolute Gasteiger partial charge is 0.335 e. The van der Waals surface area contributed by atoms with E-state index in [0.717, 1.165) is 0 Å². The lowest BCUT2D eigenvalue weighted by molar-refractivity contribution is -0.120. The van der Waals surface area contributed by atoms with Crippen LogP contribution in [0.5, 0.6) is 0 Å². The van der Waals surface area contributed by atoms with Gasteiger partial charge in [-0.1, -0.05) is 0 Å². The summed E-state index contributed by atoms with van der Waals surface area (Å²) in [6.45, 7) is 0.206. The molecule has 1 aromatic carbocycles. The van der Waals surface area contributed by atoms with E-state index in [1.54, 1.807) is 13.2 Å². The van der Waals surface area contributed by atoms with Crippen molar-refractivity contribution in [1.29, 1.82) is 0 Å². The SMILES string of the molecule is Cn1ncc2c(N3CCC(=O)NC3=O)cc(C(=O)O)cc21. The van der Waals surface area contributed by atoms with E-state index < -0.39 is 12.0 Å². The molecule has 0 unspecified atom stereocenters. The molecule has 8 heteroatoms. The average Bonchev–Trinajstić information content (AvgIpc) is 2.80. The van der Waals surface area contributed by atoms with Crippen molar-refractivity contribution in [3.8, 4) is 0 Å². The van der Waals surface area contributed by atoms with Gasteiger partial charge in [-0.15, -0.1) is 0 Å². The summed E-state index contributed by atoms with van der Waals surface area (Å²) in [5.41, 5.74) is 1.10. The molecule has 0 aliphatic carbocycles. The Kier molecular flexibility index (Phi) is 2.86. The Morgan fingerprint density at radius 3 is 2.81 bits per heavy atom. The number of hydrogen-bond donors (Lipinski definition) is 2. The van der Waals surface area contributed by atoms with Gasteiger partial charge >= 0.3 is 12.0 Å². The van der Waals surface area contributed by atoms with Crippen molar-refractivity contribution in [3.63, 3.8) is 0 Å². The standard InChI is InChI=1S/C13H12N4O4/c1-16-9-4-7(12(19)20)5-10(8(9)6-14-16)17-3-2-11(18)15-13(17)21/h4-6H,2-3H2,1H3,(H,19,20)(H,15,18,21). The molecule has 108 valence electrons. The number of aromatic carboxylic acids is 1. The van der Waals surface area contributed by atoms with Gasteiger partial charge in [0, 0.05) is 25.4 Å². The van der Waals surface area contributed by atoms with Crippen molar-refractivity contribution < 1.29 is 19.5 Å². The molecule has 21 heavy (non-hydrogen) atoms. The number of fused-ring (bicyclic) bond motifs is 1. The molecule has 2 N–H and O–H groups in total. The first-order valence-corrected chi connectivity index (χ1v) is 6.28. The highest BCUT2D eigenvalue weighted by molar-refractivity contribution is 6.10. The van der Waals surface area contributed by atoms with Gasteiger partial charge in [-0.25, -0.2) is 9.59 Å². The number of carbonyl (C=O) groups excluding carboxylic acids is 2. The summed E-state index contributed by atoms with van der Waals surface area (Å²) in [6.07, 6.45) is 1.74. The lowest BCUT2D eigenvalue weighted by Gasteiger charge is -2.27. The van der Waals surface area contributed by atoms with Crippen molar-refractivity contribution in [1.82, 2.24) is 15.1 Å². The van der Waals surface area contributed by atoms with Gasteiger partial charge in [0.2, 0.25) is 5.91 Å². The number of nitrogens with one attached hydrogen (secondary N) is 1. The molecule has 3 rings (SSSR count). The van der Waals surface area contributed by atoms with Gasteiger partial charge in [-0.3, -0.25) is 19.7 Å². The summed E-state index contributed by atoms with van der Waals surface area (Å²) in [5, 5.41) is 16.2. The quantitative estimate of drug-likeness (QED) is 0.847. The van der Waals surface area contributed by atoms with Crippen molar-refractivity contribution in [2.45, 2.75) is 6.42 Å². The minimum Gasteiger partial charge on any atom is -0.478 e. The lowest BCUT2D eigenvalue weighted by Crippen LogP contribution is -2.49. The Labute approximate surface area is 118 Å². The summed E-state index contributed by atoms with van der Waals surface area (Å²) in [7, 11) is 1.69. The van der Waals surface area contributed by atoms with E-state index in [2.05, 4.69) is 10.4 Å². The van der Waals surface area contributed by atoms with Crippen LogP contribution in [0.15, 0.2) is 18.3 Å². The van der Waals surface area contributed by atoms with Crippen LogP contribution < -0.4 is 10.2 Å². The number of hydrogen-bond acceptors (Lipinski definition) is 4. The first-order valence-electron chi connectivity index (χ1n) is 6.28. The fraction of sp³-hybridized carbons (Fsp3) is 0.231. The second-order valence-corrected chi connectivity index (χ2v) is 4.76. The zero-order valence-electron chi connectivity index (χ0n) is 11.2. The minimum atomic E-state index is -1.09. The lowest BCUT2D eigenvalue weighted by atomic mass is 10.1. The minimum absolute atomic E-state index is 0.0609. The van der Waals surface area contributed by atoms with Crippen molar-refractivity contribution >= 4 is 34.5 Å². The molecule has 0 radical (unpaired) electrons. The van der Waals surface area contributed by atoms with Crippen LogP contribution in [0.2, 0.25) is 0 Å². The fourth-order valence-electron chi connectivity index (χ4n) is 2.37. The van der Waals surface area contributed by atoms with Gasteiger partial charge in [0.25, 0.3) is 0 Å². The number of urea groups is 1. The number of aromatic nitrogens is 2. The van der Waals surface area contributed by atoms with Crippen LogP contribution in [-0.4, -0.2) is 39.3 Å². The number of rotatable bonds is 2. The number of carboxylic acids is 1. The first kappa shape index (κ1) is 13.1. The van der Waals surface area contributed by atoms with Crippen LogP contribution in [-0.2, 0) is 11.8 Å². The molecular weight excluding hydrogens is 276 g/mol. The number of aryl methyl sites for hydroxylation is 1. The maximum atomic E-state index is 12.0. The summed E-state index contributed by atoms with van der Waals surface area (Å²) < 4.78 is 1.54. The molecule has 0 saturated carbocycles. The Morgan fingerprint density at radius 2 is 2.14 bits per heavy atom. The number of nitrogens with zero attached hydrogens (tertiary/aromatic N) is 3. The zero-order chi connectivity index (χ0) is 15.1. The molecule has 2 heterocycles. The summed E-state index contributed by atoms with van der Waals surface area (Å²) >= 11 is 0. The third-order valence-electron chi connectivity index (χ3n) is 3.44. The Morgan fingerprint density at radius 1 is 1.38 bits per heavy atom. The molecule has 1 aromatic heterocycles. The number of amides is 3. The number of carbonyl (C=O) groups is 3. The van der Waals surface area contributed by atoms with Crippen LogP contribution in [0.25, 0.3) is 10.9 Å². The monoisotopic (exact) mass is 288 g/mol. The Hall–Kier alpha value is -2.90. The molecule has 0 bridgehead atoms. The van der Waals surface area contributed by atoms with Crippen LogP contribution in [0.1, 0.15) is 16.8 Å². The van der Waals surface area contributed by atoms with E-state index >= 15 is 0 Å². The summed E-state index contributed by atoms with van der Waals surface area (Å²) in [4.78, 5) is 35.8. The molecular formula is C13H12N4O4. The molecule has 1 saturated heterocycles. The second-order valence-electron chi connectivity index (χ2n) is 4.76. The molecule has 3 amide bonds. The van der Waals surface area contributed by atoms with E-state index in [4.69, 9.17) is 0 Å². The maximum Gasteiger partial charge on any atom is 0.335 e. The Balaban J connectivity index is 2.18. The van der Waals surface area contributed by atoms with Gasteiger partial charge in [0.1, 0.15) is 0 Å². The highest BCUT2D eigenvalue weighted by Gasteiger charge is 2.27. The topological polar surface area (TPSA) is 105 Å². The third kappa shape index (κ3) is 2.10. The summed E-state index contributed by atoms with van der Waals surface area (Å²) in [5.74, 6) is -1.43. The molecule has 8 nitrogen and oxygen atoms in total. The number of anilines is 1. The molecule has 1 aliphatic heterocycles. The number of imide groups is 1. The van der Waals surface area contributed by atoms with Crippen molar-refractivity contribution in [2.75, 3.05) is 11.4 Å². The molecule has 2 aromatic rings. The van der Waals surface area contributed by atoms with Gasteiger partial charge < -0.3 is 5.11 Å². The summed E-state index contributed by atoms with van der Waals surface area (Å²) in [6, 6.07) is 2.36. The maximum absolute atomic E-state index is 12.0. The number of benzene rings is 1. The van der Waals surface area contributed by atoms with E-state index in [-0.39, 0.29) is 24.4 Å². The van der Waals surface area contributed by atoms with Crippen molar-refractivity contribution in [3.05, 3.63) is 23.9 Å². The van der Waals surface area contributed by atoms with E-state index in [0.29, 0.717) is 16.6 Å². The van der Waals surface area contributed by atoms with Gasteiger partial charge in [0.15, 0.2) is 0 Å². The first-order chi connectivity index (χ1) is 9.97. The van der Waals surface area contributed by atoms with Crippen LogP contribution in [0.4, 0.5) is 10.5 Å². The highest BCUT2D eigenvalue weighted by Crippen LogP contribution is 2.29. The van der Waals surface area contributed by atoms with Gasteiger partial charge in [0.05, 0.1) is 23.0 Å². The third-order valence-corrected chi connectivity index (χ3v) is 3.44. The van der Waals surface area contributed by atoms with Gasteiger partial charge in [-0.05, 0) is 12.1 Å². The second kappa shape index (κ2) is 4.58. The predicted octanol–water partition coefficient (Wildman–Crippen LogP) is 0.718. The Bertz CT molecular complexity index is 780. The normalized spacial score (nSPS) is 15.4.